The summed E-state index contributed by atoms with van der Waals surface area (Å²) in [6, 6.07) is 11.6. The number of carbonyl (C=O) groups excluding carboxylic acids is 1. The maximum atomic E-state index is 12.3. The average Bonchev–Trinajstić information content (AvgIpc) is 2.89. The molecule has 0 saturated heterocycles. The minimum absolute atomic E-state index is 0.131. The van der Waals surface area contributed by atoms with Crippen LogP contribution in [0.1, 0.15) is 20.8 Å². The number of hydrogen-bond donors (Lipinski definition) is 1. The highest BCUT2D eigenvalue weighted by Crippen LogP contribution is 2.18. The molecule has 2 nitrogen and oxygen atoms in total. The number of likely N-dealkylation sites (N-methyl/N-ethyl adjacent to an activating group) is 1. The molecule has 1 N–H and O–H groups in total. The van der Waals surface area contributed by atoms with Crippen molar-refractivity contribution in [2.75, 3.05) is 13.6 Å². The van der Waals surface area contributed by atoms with Crippen LogP contribution in [0, 0.1) is 0 Å². The lowest BCUT2D eigenvalue weighted by molar-refractivity contribution is 0.104. The quantitative estimate of drug-likeness (QED) is 0.821. The first-order chi connectivity index (χ1) is 8.33. The Labute approximate surface area is 105 Å². The van der Waals surface area contributed by atoms with Crippen LogP contribution in [-0.4, -0.2) is 19.4 Å². The van der Waals surface area contributed by atoms with E-state index in [1.807, 2.05) is 48.8 Å². The summed E-state index contributed by atoms with van der Waals surface area (Å²) in [4.78, 5) is 13.1. The van der Waals surface area contributed by atoms with Gasteiger partial charge in [0.15, 0.2) is 0 Å². The minimum atomic E-state index is 0.131. The first-order valence-electron chi connectivity index (χ1n) is 5.63. The predicted molar refractivity (Wildman–Crippen MR) is 71.8 cm³/mol. The summed E-state index contributed by atoms with van der Waals surface area (Å²) >= 11 is 1.49. The van der Waals surface area contributed by atoms with E-state index in [2.05, 4.69) is 5.32 Å². The maximum absolute atomic E-state index is 12.3. The Morgan fingerprint density at radius 2 is 2.06 bits per heavy atom. The van der Waals surface area contributed by atoms with Crippen LogP contribution < -0.4 is 5.32 Å². The summed E-state index contributed by atoms with van der Waals surface area (Å²) in [7, 11) is 1.92. The highest BCUT2D eigenvalue weighted by molar-refractivity contribution is 7.12. The van der Waals surface area contributed by atoms with Crippen molar-refractivity contribution in [1.29, 1.82) is 0 Å². The van der Waals surface area contributed by atoms with Crippen LogP contribution in [0.3, 0.4) is 0 Å². The Bertz CT molecular complexity index is 491. The van der Waals surface area contributed by atoms with Crippen molar-refractivity contribution in [2.24, 2.45) is 0 Å². The second-order valence-electron chi connectivity index (χ2n) is 3.82. The summed E-state index contributed by atoms with van der Waals surface area (Å²) < 4.78 is 0. The van der Waals surface area contributed by atoms with Gasteiger partial charge in [0.1, 0.15) is 0 Å². The molecule has 1 aromatic heterocycles. The van der Waals surface area contributed by atoms with E-state index >= 15 is 0 Å². The van der Waals surface area contributed by atoms with Crippen molar-refractivity contribution < 1.29 is 4.79 Å². The van der Waals surface area contributed by atoms with E-state index in [9.17, 15) is 4.79 Å². The van der Waals surface area contributed by atoms with E-state index in [4.69, 9.17) is 0 Å². The highest BCUT2D eigenvalue weighted by atomic mass is 32.1. The summed E-state index contributed by atoms with van der Waals surface area (Å²) in [5.41, 5.74) is 1.94. The second-order valence-corrected chi connectivity index (χ2v) is 4.76. The first kappa shape index (κ1) is 12.0. The molecule has 0 aliphatic heterocycles. The summed E-state index contributed by atoms with van der Waals surface area (Å²) in [6.45, 7) is 0.884. The van der Waals surface area contributed by atoms with E-state index < -0.39 is 0 Å². The van der Waals surface area contributed by atoms with Crippen molar-refractivity contribution in [2.45, 2.75) is 6.42 Å². The Balaban J connectivity index is 2.28. The lowest BCUT2D eigenvalue weighted by atomic mass is 10.0. The number of nitrogens with one attached hydrogen (secondary N) is 1. The molecule has 2 aromatic rings. The number of rotatable bonds is 5. The predicted octanol–water partition coefficient (Wildman–Crippen LogP) is 2.74. The van der Waals surface area contributed by atoms with Gasteiger partial charge < -0.3 is 5.32 Å². The molecule has 0 unspecified atom stereocenters. The molecular weight excluding hydrogens is 230 g/mol. The zero-order chi connectivity index (χ0) is 12.1. The Hall–Kier alpha value is -1.45. The fourth-order valence-electron chi connectivity index (χ4n) is 1.76. The normalized spacial score (nSPS) is 10.4. The second kappa shape index (κ2) is 5.75. The van der Waals surface area contributed by atoms with Gasteiger partial charge in [-0.25, -0.2) is 0 Å². The Kier molecular flexibility index (Phi) is 4.07. The zero-order valence-corrected chi connectivity index (χ0v) is 10.6. The maximum Gasteiger partial charge on any atom is 0.203 e. The standard InChI is InChI=1S/C14H15NOS/c1-15-9-8-11-5-2-3-6-12(11)14(16)13-7-4-10-17-13/h2-7,10,15H,8-9H2,1H3. The molecule has 0 saturated carbocycles. The van der Waals surface area contributed by atoms with Crippen LogP contribution in [0.15, 0.2) is 41.8 Å². The van der Waals surface area contributed by atoms with E-state index in [1.54, 1.807) is 0 Å². The first-order valence-corrected chi connectivity index (χ1v) is 6.51. The molecule has 88 valence electrons. The molecule has 0 aliphatic carbocycles. The van der Waals surface area contributed by atoms with Crippen LogP contribution >= 0.6 is 11.3 Å². The number of hydrogen-bond acceptors (Lipinski definition) is 3. The molecule has 0 aliphatic rings. The van der Waals surface area contributed by atoms with Gasteiger partial charge in [-0.1, -0.05) is 30.3 Å². The monoisotopic (exact) mass is 245 g/mol. The van der Waals surface area contributed by atoms with Crippen LogP contribution in [0.25, 0.3) is 0 Å². The van der Waals surface area contributed by atoms with E-state index in [1.165, 1.54) is 11.3 Å². The number of benzene rings is 1. The van der Waals surface area contributed by atoms with Crippen molar-refractivity contribution in [3.8, 4) is 0 Å². The van der Waals surface area contributed by atoms with Crippen LogP contribution in [-0.2, 0) is 6.42 Å². The summed E-state index contributed by atoms with van der Waals surface area (Å²) in [5.74, 6) is 0.131. The van der Waals surface area contributed by atoms with Crippen molar-refractivity contribution >= 4 is 17.1 Å². The van der Waals surface area contributed by atoms with Gasteiger partial charge in [0.2, 0.25) is 5.78 Å². The van der Waals surface area contributed by atoms with Gasteiger partial charge in [0.25, 0.3) is 0 Å². The molecule has 0 bridgehead atoms. The van der Waals surface area contributed by atoms with Crippen molar-refractivity contribution in [3.63, 3.8) is 0 Å². The van der Waals surface area contributed by atoms with Crippen molar-refractivity contribution in [3.05, 3.63) is 57.8 Å². The molecular formula is C14H15NOS. The van der Waals surface area contributed by atoms with Gasteiger partial charge in [0, 0.05) is 5.56 Å². The molecule has 0 radical (unpaired) electrons. The van der Waals surface area contributed by atoms with E-state index in [0.717, 1.165) is 29.0 Å². The third kappa shape index (κ3) is 2.81. The topological polar surface area (TPSA) is 29.1 Å². The van der Waals surface area contributed by atoms with Crippen LogP contribution in [0.2, 0.25) is 0 Å². The third-order valence-electron chi connectivity index (χ3n) is 2.65. The highest BCUT2D eigenvalue weighted by Gasteiger charge is 2.13. The number of ketones is 1. The van der Waals surface area contributed by atoms with Gasteiger partial charge in [0.05, 0.1) is 4.88 Å². The molecule has 0 amide bonds. The SMILES string of the molecule is CNCCc1ccccc1C(=O)c1cccs1. The van der Waals surface area contributed by atoms with Gasteiger partial charge in [-0.15, -0.1) is 11.3 Å². The molecule has 2 rings (SSSR count). The third-order valence-corrected chi connectivity index (χ3v) is 3.52. The summed E-state index contributed by atoms with van der Waals surface area (Å²) in [5, 5.41) is 5.04. The molecule has 17 heavy (non-hydrogen) atoms. The Morgan fingerprint density at radius 1 is 1.24 bits per heavy atom. The van der Waals surface area contributed by atoms with Crippen LogP contribution in [0.4, 0.5) is 0 Å². The molecule has 0 atom stereocenters. The smallest absolute Gasteiger partial charge is 0.203 e. The molecule has 0 spiro atoms. The molecule has 1 heterocycles. The number of carbonyl (C=O) groups is 1. The van der Waals surface area contributed by atoms with E-state index in [-0.39, 0.29) is 5.78 Å². The van der Waals surface area contributed by atoms with E-state index in [0.29, 0.717) is 0 Å². The van der Waals surface area contributed by atoms with Gasteiger partial charge >= 0.3 is 0 Å². The largest absolute Gasteiger partial charge is 0.319 e. The van der Waals surface area contributed by atoms with Gasteiger partial charge in [-0.05, 0) is 37.0 Å². The van der Waals surface area contributed by atoms with Crippen LogP contribution in [0.5, 0.6) is 0 Å². The van der Waals surface area contributed by atoms with Gasteiger partial charge in [-0.2, -0.15) is 0 Å². The zero-order valence-electron chi connectivity index (χ0n) is 9.77. The summed E-state index contributed by atoms with van der Waals surface area (Å²) in [6.07, 6.45) is 0.879. The molecule has 0 fully saturated rings. The average molecular weight is 245 g/mol. The van der Waals surface area contributed by atoms with Crippen molar-refractivity contribution in [1.82, 2.24) is 5.32 Å². The fraction of sp³-hybridized carbons (Fsp3) is 0.214. The minimum Gasteiger partial charge on any atom is -0.319 e. The molecule has 1 aromatic carbocycles. The Morgan fingerprint density at radius 3 is 2.76 bits per heavy atom. The fourth-order valence-corrected chi connectivity index (χ4v) is 2.44. The number of thiophene rings is 1. The molecule has 3 heteroatoms. The lowest BCUT2D eigenvalue weighted by Gasteiger charge is -2.07. The lowest BCUT2D eigenvalue weighted by Crippen LogP contribution is -2.13. The van der Waals surface area contributed by atoms with Gasteiger partial charge in [-0.3, -0.25) is 4.79 Å².